The molecule has 0 saturated carbocycles. The third-order valence-electron chi connectivity index (χ3n) is 3.24. The van der Waals surface area contributed by atoms with Gasteiger partial charge in [-0.15, -0.1) is 0 Å². The van der Waals surface area contributed by atoms with Gasteiger partial charge < -0.3 is 26.0 Å². The number of ether oxygens (including phenoxy) is 1. The van der Waals surface area contributed by atoms with E-state index in [0.717, 1.165) is 5.56 Å². The van der Waals surface area contributed by atoms with Gasteiger partial charge in [0.2, 0.25) is 0 Å². The predicted octanol–water partition coefficient (Wildman–Crippen LogP) is 1.64. The van der Waals surface area contributed by atoms with Crippen molar-refractivity contribution in [3.63, 3.8) is 0 Å². The summed E-state index contributed by atoms with van der Waals surface area (Å²) in [5, 5.41) is 22.5. The Labute approximate surface area is 144 Å². The van der Waals surface area contributed by atoms with E-state index in [1.807, 2.05) is 30.3 Å². The van der Waals surface area contributed by atoms with Gasteiger partial charge in [-0.25, -0.2) is 9.78 Å². The van der Waals surface area contributed by atoms with Crippen molar-refractivity contribution < 1.29 is 19.7 Å². The molecular weight excluding hydrogens is 334 g/mol. The Balaban J connectivity index is 1.82. The summed E-state index contributed by atoms with van der Waals surface area (Å²) < 4.78 is 5.00. The summed E-state index contributed by atoms with van der Waals surface area (Å²) in [5.74, 6) is 0. The number of benzene rings is 1. The molecule has 0 aliphatic heterocycles. The van der Waals surface area contributed by atoms with Crippen LogP contribution >= 0.6 is 11.6 Å². The fourth-order valence-electron chi connectivity index (χ4n) is 1.95. The van der Waals surface area contributed by atoms with Crippen molar-refractivity contribution in [2.75, 3.05) is 12.3 Å². The van der Waals surface area contributed by atoms with Crippen LogP contribution in [0.15, 0.2) is 42.5 Å². The number of pyridine rings is 1. The molecule has 0 saturated heterocycles. The number of aromatic nitrogens is 1. The molecule has 1 heterocycles. The third-order valence-corrected chi connectivity index (χ3v) is 3.45. The van der Waals surface area contributed by atoms with E-state index >= 15 is 0 Å². The van der Waals surface area contributed by atoms with Gasteiger partial charge >= 0.3 is 6.09 Å². The minimum Gasteiger partial charge on any atom is -0.445 e. The molecular formula is C16H18ClN3O4. The number of nitrogens with zero attached hydrogens (tertiary/aromatic N) is 1. The number of carbonyl (C=O) groups is 1. The van der Waals surface area contributed by atoms with Gasteiger partial charge in [0.25, 0.3) is 0 Å². The standard InChI is InChI=1S/C16H18ClN3O4/c17-13-7-6-11(18)14(20-13)15(22)12(21)8-19-16(23)24-9-10-4-2-1-3-5-10/h1-7,12,15,21-22H,8-9,18H2,(H,19,23). The second-order valence-electron chi connectivity index (χ2n) is 5.06. The first-order valence-electron chi connectivity index (χ1n) is 7.20. The van der Waals surface area contributed by atoms with Crippen LogP contribution in [0, 0.1) is 0 Å². The van der Waals surface area contributed by atoms with Crippen LogP contribution < -0.4 is 11.1 Å². The van der Waals surface area contributed by atoms with Gasteiger partial charge in [-0.2, -0.15) is 0 Å². The van der Waals surface area contributed by atoms with Crippen LogP contribution in [0.4, 0.5) is 10.5 Å². The number of aliphatic hydroxyl groups excluding tert-OH is 2. The summed E-state index contributed by atoms with van der Waals surface area (Å²) in [6.45, 7) is -0.128. The van der Waals surface area contributed by atoms with Gasteiger partial charge in [-0.3, -0.25) is 0 Å². The number of hydrogen-bond donors (Lipinski definition) is 4. The average molecular weight is 352 g/mol. The Kier molecular flexibility index (Phi) is 6.36. The van der Waals surface area contributed by atoms with E-state index in [2.05, 4.69) is 10.3 Å². The van der Waals surface area contributed by atoms with Crippen molar-refractivity contribution >= 4 is 23.4 Å². The molecule has 0 fully saturated rings. The lowest BCUT2D eigenvalue weighted by molar-refractivity contribution is 0.0164. The summed E-state index contributed by atoms with van der Waals surface area (Å²) in [5.41, 5.74) is 6.77. The van der Waals surface area contributed by atoms with Crippen LogP contribution in [0.25, 0.3) is 0 Å². The van der Waals surface area contributed by atoms with E-state index in [9.17, 15) is 15.0 Å². The SMILES string of the molecule is Nc1ccc(Cl)nc1C(O)C(O)CNC(=O)OCc1ccccc1. The zero-order valence-electron chi connectivity index (χ0n) is 12.7. The lowest BCUT2D eigenvalue weighted by Crippen LogP contribution is -2.36. The maximum absolute atomic E-state index is 11.6. The molecule has 2 aromatic rings. The normalized spacial score (nSPS) is 13.1. The van der Waals surface area contributed by atoms with Gasteiger partial charge in [-0.1, -0.05) is 41.9 Å². The third kappa shape index (κ3) is 5.09. The zero-order valence-corrected chi connectivity index (χ0v) is 13.5. The van der Waals surface area contributed by atoms with E-state index in [0.29, 0.717) is 0 Å². The lowest BCUT2D eigenvalue weighted by Gasteiger charge is -2.19. The van der Waals surface area contributed by atoms with Crippen LogP contribution in [-0.4, -0.2) is 33.9 Å². The largest absolute Gasteiger partial charge is 0.445 e. The molecule has 0 radical (unpaired) electrons. The van der Waals surface area contributed by atoms with Crippen molar-refractivity contribution in [3.8, 4) is 0 Å². The van der Waals surface area contributed by atoms with E-state index in [4.69, 9.17) is 22.1 Å². The number of halogens is 1. The summed E-state index contributed by atoms with van der Waals surface area (Å²) in [6.07, 6.45) is -3.42. The van der Waals surface area contributed by atoms with Crippen molar-refractivity contribution in [1.29, 1.82) is 0 Å². The predicted molar refractivity (Wildman–Crippen MR) is 89.3 cm³/mol. The van der Waals surface area contributed by atoms with Crippen LogP contribution in [0.5, 0.6) is 0 Å². The Morgan fingerprint density at radius 3 is 2.67 bits per heavy atom. The summed E-state index contributed by atoms with van der Waals surface area (Å²) >= 11 is 5.74. The molecule has 5 N–H and O–H groups in total. The Morgan fingerprint density at radius 1 is 1.25 bits per heavy atom. The number of amides is 1. The minimum absolute atomic E-state index is 0.0504. The second kappa shape index (κ2) is 8.49. The van der Waals surface area contributed by atoms with Gasteiger partial charge in [0, 0.05) is 6.54 Å². The highest BCUT2D eigenvalue weighted by Crippen LogP contribution is 2.22. The van der Waals surface area contributed by atoms with Crippen LogP contribution in [-0.2, 0) is 11.3 Å². The van der Waals surface area contributed by atoms with Gasteiger partial charge in [0.05, 0.1) is 11.4 Å². The molecule has 0 aliphatic carbocycles. The Morgan fingerprint density at radius 2 is 1.96 bits per heavy atom. The van der Waals surface area contributed by atoms with Crippen LogP contribution in [0.3, 0.4) is 0 Å². The molecule has 2 rings (SSSR count). The first-order valence-corrected chi connectivity index (χ1v) is 7.57. The van der Waals surface area contributed by atoms with Gasteiger partial charge in [-0.05, 0) is 17.7 Å². The van der Waals surface area contributed by atoms with Crippen LogP contribution in [0.2, 0.25) is 5.15 Å². The molecule has 7 nitrogen and oxygen atoms in total. The molecule has 2 atom stereocenters. The molecule has 0 bridgehead atoms. The molecule has 1 amide bonds. The number of rotatable bonds is 6. The first kappa shape index (κ1) is 18.0. The summed E-state index contributed by atoms with van der Waals surface area (Å²) in [7, 11) is 0. The highest BCUT2D eigenvalue weighted by atomic mass is 35.5. The lowest BCUT2D eigenvalue weighted by atomic mass is 10.1. The highest BCUT2D eigenvalue weighted by molar-refractivity contribution is 6.29. The number of hydrogen-bond acceptors (Lipinski definition) is 6. The molecule has 8 heteroatoms. The molecule has 0 spiro atoms. The van der Waals surface area contributed by atoms with Crippen molar-refractivity contribution in [2.24, 2.45) is 0 Å². The molecule has 24 heavy (non-hydrogen) atoms. The highest BCUT2D eigenvalue weighted by Gasteiger charge is 2.23. The molecule has 1 aromatic carbocycles. The monoisotopic (exact) mass is 351 g/mol. The Hall–Kier alpha value is -2.35. The van der Waals surface area contributed by atoms with Gasteiger partial charge in [0.15, 0.2) is 0 Å². The fraction of sp³-hybridized carbons (Fsp3) is 0.250. The van der Waals surface area contributed by atoms with Crippen LogP contribution in [0.1, 0.15) is 17.4 Å². The second-order valence-corrected chi connectivity index (χ2v) is 5.45. The topological polar surface area (TPSA) is 118 Å². The zero-order chi connectivity index (χ0) is 17.5. The molecule has 1 aromatic heterocycles. The van der Waals surface area contributed by atoms with E-state index in [-0.39, 0.29) is 29.7 Å². The van der Waals surface area contributed by atoms with Crippen molar-refractivity contribution in [1.82, 2.24) is 10.3 Å². The summed E-state index contributed by atoms with van der Waals surface area (Å²) in [4.78, 5) is 15.5. The van der Waals surface area contributed by atoms with E-state index in [1.54, 1.807) is 0 Å². The number of nitrogen functional groups attached to an aromatic ring is 1. The maximum Gasteiger partial charge on any atom is 0.407 e. The molecule has 0 aliphatic rings. The molecule has 2 unspecified atom stereocenters. The Bertz CT molecular complexity index is 684. The number of aliphatic hydroxyl groups is 2. The van der Waals surface area contributed by atoms with E-state index in [1.165, 1.54) is 12.1 Å². The number of anilines is 1. The van der Waals surface area contributed by atoms with Gasteiger partial charge in [0.1, 0.15) is 24.0 Å². The number of carbonyl (C=O) groups excluding carboxylic acids is 1. The first-order chi connectivity index (χ1) is 11.5. The fourth-order valence-corrected chi connectivity index (χ4v) is 2.11. The average Bonchev–Trinajstić information content (AvgIpc) is 2.60. The van der Waals surface area contributed by atoms with Crippen molar-refractivity contribution in [2.45, 2.75) is 18.8 Å². The number of alkyl carbamates (subject to hydrolysis) is 1. The van der Waals surface area contributed by atoms with Crippen molar-refractivity contribution in [3.05, 3.63) is 58.9 Å². The minimum atomic E-state index is -1.39. The maximum atomic E-state index is 11.6. The molecule has 128 valence electrons. The summed E-state index contributed by atoms with van der Waals surface area (Å²) in [6, 6.07) is 12.1. The quantitative estimate of drug-likeness (QED) is 0.588. The number of nitrogens with one attached hydrogen (secondary N) is 1. The number of nitrogens with two attached hydrogens (primary N) is 1. The van der Waals surface area contributed by atoms with E-state index < -0.39 is 18.3 Å². The smallest absolute Gasteiger partial charge is 0.407 e.